The van der Waals surface area contributed by atoms with E-state index in [4.69, 9.17) is 21.7 Å². The minimum absolute atomic E-state index is 0.0154. The second-order valence-corrected chi connectivity index (χ2v) is 7.87. The van der Waals surface area contributed by atoms with Crippen LogP contribution in [0.25, 0.3) is 0 Å². The van der Waals surface area contributed by atoms with E-state index in [1.54, 1.807) is 0 Å². The summed E-state index contributed by atoms with van der Waals surface area (Å²) in [4.78, 5) is 16.5. The summed E-state index contributed by atoms with van der Waals surface area (Å²) in [5, 5.41) is 4.00. The van der Waals surface area contributed by atoms with E-state index in [1.807, 2.05) is 54.3 Å². The van der Waals surface area contributed by atoms with Crippen LogP contribution in [0.5, 0.6) is 5.75 Å². The lowest BCUT2D eigenvalue weighted by molar-refractivity contribution is 0.123. The van der Waals surface area contributed by atoms with E-state index in [0.717, 1.165) is 42.9 Å². The van der Waals surface area contributed by atoms with E-state index in [0.29, 0.717) is 18.3 Å². The highest BCUT2D eigenvalue weighted by Crippen LogP contribution is 2.33. The largest absolute Gasteiger partial charge is 0.492 e. The molecule has 0 radical (unpaired) electrons. The zero-order valence-corrected chi connectivity index (χ0v) is 17.9. The van der Waals surface area contributed by atoms with Gasteiger partial charge < -0.3 is 19.7 Å². The van der Waals surface area contributed by atoms with Gasteiger partial charge in [0.2, 0.25) is 0 Å². The van der Waals surface area contributed by atoms with E-state index in [1.165, 1.54) is 0 Å². The molecule has 4 rings (SSSR count). The summed E-state index contributed by atoms with van der Waals surface area (Å²) in [5.74, 6) is 0.794. The van der Waals surface area contributed by atoms with Crippen molar-refractivity contribution in [2.75, 3.05) is 31.6 Å². The fraction of sp³-hybridized carbons (Fsp3) is 0.391. The standard InChI is InChI=1S/C23H27N3O3S/c1-2-28-21-11-7-6-10-19(21)24-22(30)25-14-12-18(13-15-25)26-20(16-29-23(26)27)17-8-4-3-5-9-17/h3-11,18,20H,2,12-16H2,1H3,(H,24,30). The molecule has 0 bridgehead atoms. The van der Waals surface area contributed by atoms with Crippen molar-refractivity contribution in [1.82, 2.24) is 9.80 Å². The maximum absolute atomic E-state index is 12.5. The summed E-state index contributed by atoms with van der Waals surface area (Å²) in [6.45, 7) is 4.56. The van der Waals surface area contributed by atoms with E-state index < -0.39 is 0 Å². The molecule has 1 atom stereocenters. The van der Waals surface area contributed by atoms with Crippen molar-refractivity contribution in [3.63, 3.8) is 0 Å². The summed E-state index contributed by atoms with van der Waals surface area (Å²) in [7, 11) is 0. The molecule has 6 nitrogen and oxygen atoms in total. The van der Waals surface area contributed by atoms with Gasteiger partial charge in [-0.1, -0.05) is 42.5 Å². The van der Waals surface area contributed by atoms with Crippen LogP contribution >= 0.6 is 12.2 Å². The molecule has 0 aromatic heterocycles. The maximum atomic E-state index is 12.5. The molecule has 0 aliphatic carbocycles. The monoisotopic (exact) mass is 425 g/mol. The van der Waals surface area contributed by atoms with Crippen molar-refractivity contribution in [2.24, 2.45) is 0 Å². The van der Waals surface area contributed by atoms with E-state index in [-0.39, 0.29) is 18.2 Å². The molecular formula is C23H27N3O3S. The second kappa shape index (κ2) is 9.34. The van der Waals surface area contributed by atoms with Crippen molar-refractivity contribution in [3.8, 4) is 5.75 Å². The minimum Gasteiger partial charge on any atom is -0.492 e. The molecular weight excluding hydrogens is 398 g/mol. The van der Waals surface area contributed by atoms with Crippen molar-refractivity contribution in [1.29, 1.82) is 0 Å². The third kappa shape index (κ3) is 4.36. The van der Waals surface area contributed by atoms with Gasteiger partial charge in [0.15, 0.2) is 5.11 Å². The van der Waals surface area contributed by atoms with Gasteiger partial charge in [-0.3, -0.25) is 4.90 Å². The first-order chi connectivity index (χ1) is 14.7. The number of anilines is 1. The van der Waals surface area contributed by atoms with Crippen LogP contribution in [0.3, 0.4) is 0 Å². The van der Waals surface area contributed by atoms with E-state index in [9.17, 15) is 4.79 Å². The maximum Gasteiger partial charge on any atom is 0.410 e. The fourth-order valence-electron chi connectivity index (χ4n) is 4.16. The second-order valence-electron chi connectivity index (χ2n) is 7.49. The first-order valence-corrected chi connectivity index (χ1v) is 10.9. The van der Waals surface area contributed by atoms with E-state index in [2.05, 4.69) is 22.3 Å². The number of carbonyl (C=O) groups excluding carboxylic acids is 1. The van der Waals surface area contributed by atoms with Gasteiger partial charge >= 0.3 is 6.09 Å². The third-order valence-electron chi connectivity index (χ3n) is 5.67. The van der Waals surface area contributed by atoms with Crippen LogP contribution in [-0.4, -0.2) is 53.4 Å². The average Bonchev–Trinajstić information content (AvgIpc) is 3.17. The van der Waals surface area contributed by atoms with Crippen LogP contribution in [0, 0.1) is 0 Å². The Hall–Kier alpha value is -2.80. The number of thiocarbonyl (C=S) groups is 1. The van der Waals surface area contributed by atoms with Gasteiger partial charge in [-0.25, -0.2) is 4.79 Å². The number of benzene rings is 2. The van der Waals surface area contributed by atoms with Crippen LogP contribution in [0.4, 0.5) is 10.5 Å². The number of amides is 1. The van der Waals surface area contributed by atoms with Crippen LogP contribution in [0.1, 0.15) is 31.4 Å². The number of nitrogens with zero attached hydrogens (tertiary/aromatic N) is 2. The van der Waals surface area contributed by atoms with Gasteiger partial charge in [0, 0.05) is 19.1 Å². The quantitative estimate of drug-likeness (QED) is 0.715. The molecule has 158 valence electrons. The smallest absolute Gasteiger partial charge is 0.410 e. The molecule has 7 heteroatoms. The van der Waals surface area contributed by atoms with Gasteiger partial charge in [0.05, 0.1) is 18.3 Å². The lowest BCUT2D eigenvalue weighted by atomic mass is 9.99. The average molecular weight is 426 g/mol. The molecule has 1 amide bonds. The summed E-state index contributed by atoms with van der Waals surface area (Å²) in [6, 6.07) is 18.1. The molecule has 1 N–H and O–H groups in total. The molecule has 2 aliphatic heterocycles. The van der Waals surface area contributed by atoms with Crippen LogP contribution in [0.2, 0.25) is 0 Å². The first kappa shape index (κ1) is 20.5. The molecule has 30 heavy (non-hydrogen) atoms. The Bertz CT molecular complexity index is 884. The zero-order valence-electron chi connectivity index (χ0n) is 17.1. The molecule has 0 saturated carbocycles. The molecule has 1 unspecified atom stereocenters. The van der Waals surface area contributed by atoms with Gasteiger partial charge in [-0.05, 0) is 49.7 Å². The Morgan fingerprint density at radius 2 is 1.83 bits per heavy atom. The summed E-state index contributed by atoms with van der Waals surface area (Å²) < 4.78 is 11.1. The van der Waals surface area contributed by atoms with Crippen molar-refractivity contribution in [2.45, 2.75) is 31.8 Å². The van der Waals surface area contributed by atoms with Crippen molar-refractivity contribution >= 4 is 29.1 Å². The summed E-state index contributed by atoms with van der Waals surface area (Å²) >= 11 is 5.65. The lowest BCUT2D eigenvalue weighted by Crippen LogP contribution is -2.48. The minimum atomic E-state index is -0.214. The predicted octanol–water partition coefficient (Wildman–Crippen LogP) is 4.44. The molecule has 2 aromatic rings. The number of ether oxygens (including phenoxy) is 2. The van der Waals surface area contributed by atoms with Gasteiger partial charge in [0.25, 0.3) is 0 Å². The number of carbonyl (C=O) groups is 1. The van der Waals surface area contributed by atoms with Gasteiger partial charge in [-0.15, -0.1) is 0 Å². The van der Waals surface area contributed by atoms with Crippen LogP contribution in [-0.2, 0) is 4.74 Å². The topological polar surface area (TPSA) is 54.0 Å². The molecule has 2 heterocycles. The predicted molar refractivity (Wildman–Crippen MR) is 121 cm³/mol. The molecule has 2 saturated heterocycles. The van der Waals surface area contributed by atoms with Gasteiger partial charge in [0.1, 0.15) is 12.4 Å². The Morgan fingerprint density at radius 3 is 2.57 bits per heavy atom. The number of piperidine rings is 1. The lowest BCUT2D eigenvalue weighted by Gasteiger charge is -2.39. The molecule has 2 aliphatic rings. The molecule has 0 spiro atoms. The Balaban J connectivity index is 1.38. The van der Waals surface area contributed by atoms with Crippen LogP contribution < -0.4 is 10.1 Å². The zero-order chi connectivity index (χ0) is 20.9. The third-order valence-corrected chi connectivity index (χ3v) is 6.03. The van der Waals surface area contributed by atoms with E-state index >= 15 is 0 Å². The summed E-state index contributed by atoms with van der Waals surface area (Å²) in [6.07, 6.45) is 1.49. The Kier molecular flexibility index (Phi) is 6.38. The number of para-hydroxylation sites is 2. The number of likely N-dealkylation sites (tertiary alicyclic amines) is 1. The summed E-state index contributed by atoms with van der Waals surface area (Å²) in [5.41, 5.74) is 1.99. The SMILES string of the molecule is CCOc1ccccc1NC(=S)N1CCC(N2C(=O)OCC2c2ccccc2)CC1. The molecule has 2 aromatic carbocycles. The number of nitrogens with one attached hydrogen (secondary N) is 1. The number of hydrogen-bond acceptors (Lipinski definition) is 4. The Morgan fingerprint density at radius 1 is 1.13 bits per heavy atom. The number of hydrogen-bond donors (Lipinski definition) is 1. The van der Waals surface area contributed by atoms with Crippen molar-refractivity contribution in [3.05, 3.63) is 60.2 Å². The molecule has 2 fully saturated rings. The highest BCUT2D eigenvalue weighted by atomic mass is 32.1. The highest BCUT2D eigenvalue weighted by molar-refractivity contribution is 7.80. The Labute approximate surface area is 182 Å². The first-order valence-electron chi connectivity index (χ1n) is 10.4. The van der Waals surface area contributed by atoms with Gasteiger partial charge in [-0.2, -0.15) is 0 Å². The number of rotatable bonds is 5. The van der Waals surface area contributed by atoms with Crippen LogP contribution in [0.15, 0.2) is 54.6 Å². The fourth-order valence-corrected chi connectivity index (χ4v) is 4.45. The highest BCUT2D eigenvalue weighted by Gasteiger charge is 2.40. The van der Waals surface area contributed by atoms with Crippen molar-refractivity contribution < 1.29 is 14.3 Å². The number of cyclic esters (lactones) is 1. The normalized spacial score (nSPS) is 19.5.